The van der Waals surface area contributed by atoms with Gasteiger partial charge in [-0.1, -0.05) is 0 Å². The van der Waals surface area contributed by atoms with E-state index in [0.717, 1.165) is 18.7 Å². The Morgan fingerprint density at radius 1 is 1.36 bits per heavy atom. The van der Waals surface area contributed by atoms with Crippen LogP contribution in [0, 0.1) is 0 Å². The van der Waals surface area contributed by atoms with E-state index in [4.69, 9.17) is 0 Å². The number of hydrogen-bond donors (Lipinski definition) is 0. The number of thiazole rings is 1. The van der Waals surface area contributed by atoms with E-state index in [1.54, 1.807) is 26.9 Å². The van der Waals surface area contributed by atoms with E-state index in [2.05, 4.69) is 10.1 Å². The van der Waals surface area contributed by atoms with Gasteiger partial charge in [0, 0.05) is 37.6 Å². The van der Waals surface area contributed by atoms with Crippen molar-refractivity contribution in [2.75, 3.05) is 24.5 Å². The highest BCUT2D eigenvalue weighted by Gasteiger charge is 2.34. The summed E-state index contributed by atoms with van der Waals surface area (Å²) in [6.07, 6.45) is 5.15. The minimum absolute atomic E-state index is 0.0281. The van der Waals surface area contributed by atoms with Gasteiger partial charge in [0.15, 0.2) is 0 Å². The van der Waals surface area contributed by atoms with Crippen LogP contribution in [0.25, 0.3) is 0 Å². The number of likely N-dealkylation sites (tertiary alicyclic amines) is 1. The Labute approximate surface area is 131 Å². The van der Waals surface area contributed by atoms with Gasteiger partial charge in [0.25, 0.3) is 5.91 Å². The number of carbonyl (C=O) groups excluding carboxylic acids is 2. The van der Waals surface area contributed by atoms with Gasteiger partial charge in [-0.15, -0.1) is 11.3 Å². The summed E-state index contributed by atoms with van der Waals surface area (Å²) in [5.41, 5.74) is 3.02. The van der Waals surface area contributed by atoms with Gasteiger partial charge in [0.05, 0.1) is 23.4 Å². The lowest BCUT2D eigenvalue weighted by Crippen LogP contribution is -2.50. The maximum Gasteiger partial charge on any atom is 0.273 e. The maximum atomic E-state index is 12.1. The zero-order valence-corrected chi connectivity index (χ0v) is 12.7. The monoisotopic (exact) mass is 317 g/mol. The zero-order chi connectivity index (χ0) is 15.1. The molecule has 2 aliphatic rings. The number of carbonyl (C=O) groups is 2. The van der Waals surface area contributed by atoms with Crippen LogP contribution in [0.15, 0.2) is 23.3 Å². The fraction of sp³-hybridized carbons (Fsp3) is 0.429. The highest BCUT2D eigenvalue weighted by molar-refractivity contribution is 7.07. The average Bonchev–Trinajstić information content (AvgIpc) is 3.16. The second kappa shape index (κ2) is 5.20. The number of nitrogens with zero attached hydrogens (tertiary/aromatic N) is 5. The molecule has 2 saturated heterocycles. The van der Waals surface area contributed by atoms with Crippen LogP contribution in [0.5, 0.6) is 0 Å². The van der Waals surface area contributed by atoms with Crippen molar-refractivity contribution in [3.05, 3.63) is 29.0 Å². The predicted molar refractivity (Wildman–Crippen MR) is 80.9 cm³/mol. The van der Waals surface area contributed by atoms with E-state index < -0.39 is 0 Å². The van der Waals surface area contributed by atoms with E-state index in [0.29, 0.717) is 25.2 Å². The van der Waals surface area contributed by atoms with Crippen LogP contribution in [0.3, 0.4) is 0 Å². The molecule has 0 aromatic carbocycles. The third-order valence-corrected chi connectivity index (χ3v) is 4.73. The predicted octanol–water partition coefficient (Wildman–Crippen LogP) is 1.16. The number of aromatic nitrogens is 3. The summed E-state index contributed by atoms with van der Waals surface area (Å²) in [4.78, 5) is 31.4. The summed E-state index contributed by atoms with van der Waals surface area (Å²) in [7, 11) is 0. The average molecular weight is 317 g/mol. The van der Waals surface area contributed by atoms with Gasteiger partial charge in [-0.2, -0.15) is 5.10 Å². The molecule has 0 aliphatic carbocycles. The lowest BCUT2D eigenvalue weighted by molar-refractivity contribution is -0.117. The van der Waals surface area contributed by atoms with Crippen molar-refractivity contribution in [1.29, 1.82) is 0 Å². The third-order valence-electron chi connectivity index (χ3n) is 4.15. The molecule has 2 amide bonds. The molecule has 0 saturated carbocycles. The molecule has 2 aliphatic heterocycles. The van der Waals surface area contributed by atoms with Gasteiger partial charge in [-0.3, -0.25) is 14.3 Å². The van der Waals surface area contributed by atoms with Gasteiger partial charge < -0.3 is 9.80 Å². The van der Waals surface area contributed by atoms with E-state index in [9.17, 15) is 9.59 Å². The second-order valence-corrected chi connectivity index (χ2v) is 6.28. The van der Waals surface area contributed by atoms with E-state index >= 15 is 0 Å². The van der Waals surface area contributed by atoms with Crippen LogP contribution in [-0.4, -0.2) is 51.1 Å². The van der Waals surface area contributed by atoms with Crippen molar-refractivity contribution in [2.45, 2.75) is 18.9 Å². The molecule has 4 rings (SSSR count). The van der Waals surface area contributed by atoms with E-state index in [-0.39, 0.29) is 17.9 Å². The molecule has 0 atom stereocenters. The van der Waals surface area contributed by atoms with Crippen LogP contribution in [0.4, 0.5) is 5.69 Å². The summed E-state index contributed by atoms with van der Waals surface area (Å²) < 4.78 is 1.85. The van der Waals surface area contributed by atoms with Crippen molar-refractivity contribution in [1.82, 2.24) is 19.7 Å². The second-order valence-electron chi connectivity index (χ2n) is 5.57. The standard InChI is InChI=1S/C14H15N5O2S/c20-13-2-1-3-18(13)10-4-16-19(7-10)11-5-17(6-11)14(21)12-8-22-9-15-12/h4,7-9,11H,1-3,5-6H2. The zero-order valence-electron chi connectivity index (χ0n) is 11.9. The van der Waals surface area contributed by atoms with Crippen molar-refractivity contribution in [3.8, 4) is 0 Å². The third kappa shape index (κ3) is 2.19. The molecule has 7 nitrogen and oxygen atoms in total. The number of amides is 2. The highest BCUT2D eigenvalue weighted by Crippen LogP contribution is 2.26. The summed E-state index contributed by atoms with van der Waals surface area (Å²) >= 11 is 1.42. The molecule has 0 spiro atoms. The first kappa shape index (κ1) is 13.4. The van der Waals surface area contributed by atoms with Crippen molar-refractivity contribution >= 4 is 28.8 Å². The van der Waals surface area contributed by atoms with Gasteiger partial charge in [0.1, 0.15) is 5.69 Å². The molecule has 2 fully saturated rings. The van der Waals surface area contributed by atoms with Crippen LogP contribution in [0.2, 0.25) is 0 Å². The summed E-state index contributed by atoms with van der Waals surface area (Å²) in [6.45, 7) is 2.03. The van der Waals surface area contributed by atoms with Crippen LogP contribution < -0.4 is 4.90 Å². The van der Waals surface area contributed by atoms with Gasteiger partial charge in [-0.25, -0.2) is 4.98 Å². The molecule has 22 heavy (non-hydrogen) atoms. The van der Waals surface area contributed by atoms with Crippen LogP contribution in [0.1, 0.15) is 29.4 Å². The van der Waals surface area contributed by atoms with Gasteiger partial charge in [-0.05, 0) is 6.42 Å². The van der Waals surface area contributed by atoms with Crippen LogP contribution >= 0.6 is 11.3 Å². The Morgan fingerprint density at radius 2 is 2.23 bits per heavy atom. The molecule has 8 heteroatoms. The lowest BCUT2D eigenvalue weighted by atomic mass is 10.1. The Hall–Kier alpha value is -2.22. The van der Waals surface area contributed by atoms with Crippen molar-refractivity contribution in [2.24, 2.45) is 0 Å². The molecule has 2 aromatic rings. The Balaban J connectivity index is 1.40. The van der Waals surface area contributed by atoms with Crippen LogP contribution in [-0.2, 0) is 4.79 Å². The molecule has 0 bridgehead atoms. The molecule has 0 unspecified atom stereocenters. The Kier molecular flexibility index (Phi) is 3.18. The molecule has 0 N–H and O–H groups in total. The summed E-state index contributed by atoms with van der Waals surface area (Å²) in [5, 5.41) is 6.11. The molecule has 114 valence electrons. The molecule has 2 aromatic heterocycles. The largest absolute Gasteiger partial charge is 0.333 e. The van der Waals surface area contributed by atoms with Crippen molar-refractivity contribution in [3.63, 3.8) is 0 Å². The molecular formula is C14H15N5O2S. The summed E-state index contributed by atoms with van der Waals surface area (Å²) in [6, 6.07) is 0.175. The first-order valence-electron chi connectivity index (χ1n) is 7.24. The first-order chi connectivity index (χ1) is 10.7. The quantitative estimate of drug-likeness (QED) is 0.852. The normalized spacial score (nSPS) is 18.8. The fourth-order valence-electron chi connectivity index (χ4n) is 2.86. The van der Waals surface area contributed by atoms with E-state index in [1.165, 1.54) is 11.3 Å². The minimum atomic E-state index is -0.0281. The molecule has 4 heterocycles. The Bertz CT molecular complexity index is 705. The maximum absolute atomic E-state index is 12.1. The number of rotatable bonds is 3. The summed E-state index contributed by atoms with van der Waals surface area (Å²) in [5.74, 6) is 0.132. The minimum Gasteiger partial charge on any atom is -0.333 e. The smallest absolute Gasteiger partial charge is 0.273 e. The molecule has 0 radical (unpaired) electrons. The number of anilines is 1. The highest BCUT2D eigenvalue weighted by atomic mass is 32.1. The topological polar surface area (TPSA) is 71.3 Å². The van der Waals surface area contributed by atoms with E-state index in [1.807, 2.05) is 10.9 Å². The molecular weight excluding hydrogens is 302 g/mol. The van der Waals surface area contributed by atoms with Gasteiger partial charge >= 0.3 is 0 Å². The number of hydrogen-bond acceptors (Lipinski definition) is 5. The SMILES string of the molecule is O=C(c1cscn1)N1CC(n2cc(N3CCCC3=O)cn2)C1. The first-order valence-corrected chi connectivity index (χ1v) is 8.18. The van der Waals surface area contributed by atoms with Crippen molar-refractivity contribution < 1.29 is 9.59 Å². The lowest BCUT2D eigenvalue weighted by Gasteiger charge is -2.38. The Morgan fingerprint density at radius 3 is 2.91 bits per heavy atom. The fourth-order valence-corrected chi connectivity index (χ4v) is 3.38. The van der Waals surface area contributed by atoms with Gasteiger partial charge in [0.2, 0.25) is 5.91 Å².